The molecule has 0 radical (unpaired) electrons. The lowest BCUT2D eigenvalue weighted by Crippen LogP contribution is -2.25. The molecular weight excluding hydrogens is 308 g/mol. The van der Waals surface area contributed by atoms with Gasteiger partial charge in [-0.15, -0.1) is 0 Å². The average Bonchev–Trinajstić information content (AvgIpc) is 2.15. The highest BCUT2D eigenvalue weighted by Crippen LogP contribution is 2.09. The van der Waals surface area contributed by atoms with Crippen LogP contribution in [0.15, 0.2) is 22.9 Å². The molecule has 2 nitrogen and oxygen atoms in total. The van der Waals surface area contributed by atoms with E-state index in [0.29, 0.717) is 6.04 Å². The van der Waals surface area contributed by atoms with Gasteiger partial charge in [0.1, 0.15) is 0 Å². The van der Waals surface area contributed by atoms with Gasteiger partial charge >= 0.3 is 0 Å². The molecule has 0 saturated carbocycles. The number of aromatic nitrogens is 1. The van der Waals surface area contributed by atoms with Crippen molar-refractivity contribution in [2.75, 3.05) is 5.33 Å². The van der Waals surface area contributed by atoms with Gasteiger partial charge < -0.3 is 5.32 Å². The Labute approximate surface area is 102 Å². The lowest BCUT2D eigenvalue weighted by molar-refractivity contribution is 0.538. The maximum atomic E-state index is 4.11. The normalized spacial score (nSPS) is 12.8. The highest BCUT2D eigenvalue weighted by molar-refractivity contribution is 9.10. The molecule has 0 bridgehead atoms. The van der Waals surface area contributed by atoms with Gasteiger partial charge in [-0.3, -0.25) is 4.98 Å². The van der Waals surface area contributed by atoms with Crippen LogP contribution < -0.4 is 5.32 Å². The number of alkyl halides is 1. The van der Waals surface area contributed by atoms with Crippen LogP contribution >= 0.6 is 31.9 Å². The molecule has 78 valence electrons. The van der Waals surface area contributed by atoms with Crippen LogP contribution in [0.1, 0.15) is 18.9 Å². The van der Waals surface area contributed by atoms with Gasteiger partial charge in [0.25, 0.3) is 0 Å². The molecule has 1 heterocycles. The molecule has 0 aromatic carbocycles. The predicted octanol–water partition coefficient (Wildman–Crippen LogP) is 3.11. The van der Waals surface area contributed by atoms with E-state index in [0.717, 1.165) is 22.8 Å². The van der Waals surface area contributed by atoms with Crippen LogP contribution in [0.4, 0.5) is 0 Å². The Balaban J connectivity index is 2.37. The van der Waals surface area contributed by atoms with Crippen LogP contribution in [-0.4, -0.2) is 16.4 Å². The molecular formula is C10H14Br2N2. The topological polar surface area (TPSA) is 24.9 Å². The number of halogens is 2. The van der Waals surface area contributed by atoms with Crippen molar-refractivity contribution in [3.8, 4) is 0 Å². The third kappa shape index (κ3) is 4.53. The van der Waals surface area contributed by atoms with E-state index in [1.165, 1.54) is 5.56 Å². The SMILES string of the molecule is CC(CCBr)NCc1cncc(Br)c1. The minimum atomic E-state index is 0.536. The molecule has 1 N–H and O–H groups in total. The lowest BCUT2D eigenvalue weighted by atomic mass is 10.2. The molecule has 1 aromatic rings. The first-order valence-electron chi connectivity index (χ1n) is 4.61. The Hall–Kier alpha value is 0.0700. The summed E-state index contributed by atoms with van der Waals surface area (Å²) in [6.07, 6.45) is 4.82. The van der Waals surface area contributed by atoms with E-state index >= 15 is 0 Å². The third-order valence-electron chi connectivity index (χ3n) is 1.96. The molecule has 1 atom stereocenters. The zero-order chi connectivity index (χ0) is 10.4. The smallest absolute Gasteiger partial charge is 0.0410 e. The van der Waals surface area contributed by atoms with Crippen LogP contribution in [0.2, 0.25) is 0 Å². The van der Waals surface area contributed by atoms with Crippen LogP contribution in [-0.2, 0) is 6.54 Å². The van der Waals surface area contributed by atoms with Gasteiger partial charge in [0, 0.05) is 34.8 Å². The molecule has 0 aliphatic carbocycles. The van der Waals surface area contributed by atoms with Crippen molar-refractivity contribution in [3.05, 3.63) is 28.5 Å². The van der Waals surface area contributed by atoms with Crippen LogP contribution in [0.3, 0.4) is 0 Å². The van der Waals surface area contributed by atoms with E-state index < -0.39 is 0 Å². The predicted molar refractivity (Wildman–Crippen MR) is 66.6 cm³/mol. The summed E-state index contributed by atoms with van der Waals surface area (Å²) in [7, 11) is 0. The van der Waals surface area contributed by atoms with E-state index in [9.17, 15) is 0 Å². The Morgan fingerprint density at radius 1 is 1.50 bits per heavy atom. The van der Waals surface area contributed by atoms with Crippen LogP contribution in [0, 0.1) is 0 Å². The van der Waals surface area contributed by atoms with E-state index in [2.05, 4.69) is 55.2 Å². The fourth-order valence-corrected chi connectivity index (χ4v) is 2.21. The lowest BCUT2D eigenvalue weighted by Gasteiger charge is -2.11. The molecule has 14 heavy (non-hydrogen) atoms. The zero-order valence-electron chi connectivity index (χ0n) is 8.13. The minimum Gasteiger partial charge on any atom is -0.310 e. The van der Waals surface area contributed by atoms with Crippen molar-refractivity contribution >= 4 is 31.9 Å². The molecule has 0 spiro atoms. The Morgan fingerprint density at radius 2 is 2.29 bits per heavy atom. The van der Waals surface area contributed by atoms with Crippen molar-refractivity contribution in [1.29, 1.82) is 0 Å². The quantitative estimate of drug-likeness (QED) is 0.843. The summed E-state index contributed by atoms with van der Waals surface area (Å²) < 4.78 is 1.03. The molecule has 0 aliphatic rings. The average molecular weight is 322 g/mol. The Bertz CT molecular complexity index is 279. The Morgan fingerprint density at radius 3 is 2.93 bits per heavy atom. The van der Waals surface area contributed by atoms with E-state index in [4.69, 9.17) is 0 Å². The summed E-state index contributed by atoms with van der Waals surface area (Å²) in [6, 6.07) is 2.62. The number of hydrogen-bond donors (Lipinski definition) is 1. The van der Waals surface area contributed by atoms with Crippen LogP contribution in [0.25, 0.3) is 0 Å². The molecule has 0 saturated heterocycles. The van der Waals surface area contributed by atoms with E-state index in [-0.39, 0.29) is 0 Å². The monoisotopic (exact) mass is 320 g/mol. The van der Waals surface area contributed by atoms with E-state index in [1.807, 2.05) is 6.20 Å². The number of nitrogens with one attached hydrogen (secondary N) is 1. The fourth-order valence-electron chi connectivity index (χ4n) is 1.11. The van der Waals surface area contributed by atoms with Gasteiger partial charge in [-0.25, -0.2) is 0 Å². The molecule has 1 rings (SSSR count). The van der Waals surface area contributed by atoms with Gasteiger partial charge in [-0.2, -0.15) is 0 Å². The number of pyridine rings is 1. The maximum absolute atomic E-state index is 4.11. The Kier molecular flexibility index (Phi) is 5.67. The van der Waals surface area contributed by atoms with Crippen molar-refractivity contribution in [3.63, 3.8) is 0 Å². The first kappa shape index (κ1) is 12.1. The maximum Gasteiger partial charge on any atom is 0.0410 e. The van der Waals surface area contributed by atoms with E-state index in [1.54, 1.807) is 6.20 Å². The van der Waals surface area contributed by atoms with Gasteiger partial charge in [-0.1, -0.05) is 15.9 Å². The largest absolute Gasteiger partial charge is 0.310 e. The minimum absolute atomic E-state index is 0.536. The van der Waals surface area contributed by atoms with Gasteiger partial charge in [0.05, 0.1) is 0 Å². The van der Waals surface area contributed by atoms with Crippen molar-refractivity contribution in [1.82, 2.24) is 10.3 Å². The summed E-state index contributed by atoms with van der Waals surface area (Å²) in [5.41, 5.74) is 1.21. The van der Waals surface area contributed by atoms with Crippen molar-refractivity contribution < 1.29 is 0 Å². The summed E-state index contributed by atoms with van der Waals surface area (Å²) in [4.78, 5) is 4.11. The summed E-state index contributed by atoms with van der Waals surface area (Å²) in [6.45, 7) is 3.06. The highest BCUT2D eigenvalue weighted by Gasteiger charge is 2.00. The first-order chi connectivity index (χ1) is 6.72. The zero-order valence-corrected chi connectivity index (χ0v) is 11.3. The van der Waals surface area contributed by atoms with Crippen molar-refractivity contribution in [2.45, 2.75) is 25.9 Å². The van der Waals surface area contributed by atoms with Gasteiger partial charge in [-0.05, 0) is 40.9 Å². The van der Waals surface area contributed by atoms with Gasteiger partial charge in [0.15, 0.2) is 0 Å². The fraction of sp³-hybridized carbons (Fsp3) is 0.500. The van der Waals surface area contributed by atoms with Crippen LogP contribution in [0.5, 0.6) is 0 Å². The molecule has 4 heteroatoms. The molecule has 1 unspecified atom stereocenters. The number of nitrogens with zero attached hydrogens (tertiary/aromatic N) is 1. The second-order valence-corrected chi connectivity index (χ2v) is 4.98. The summed E-state index contributed by atoms with van der Waals surface area (Å²) in [5, 5.41) is 4.48. The molecule has 0 fully saturated rings. The summed E-state index contributed by atoms with van der Waals surface area (Å²) >= 11 is 6.83. The molecule has 0 aliphatic heterocycles. The standard InChI is InChI=1S/C10H14Br2N2/c1-8(2-3-11)14-6-9-4-10(12)7-13-5-9/h4-5,7-8,14H,2-3,6H2,1H3. The highest BCUT2D eigenvalue weighted by atomic mass is 79.9. The number of rotatable bonds is 5. The summed E-state index contributed by atoms with van der Waals surface area (Å²) in [5.74, 6) is 0. The first-order valence-corrected chi connectivity index (χ1v) is 6.52. The molecule has 0 amide bonds. The molecule has 1 aromatic heterocycles. The third-order valence-corrected chi connectivity index (χ3v) is 2.85. The second kappa shape index (κ2) is 6.53. The second-order valence-electron chi connectivity index (χ2n) is 3.27. The number of hydrogen-bond acceptors (Lipinski definition) is 2. The van der Waals surface area contributed by atoms with Gasteiger partial charge in [0.2, 0.25) is 0 Å². The van der Waals surface area contributed by atoms with Crippen molar-refractivity contribution in [2.24, 2.45) is 0 Å².